The van der Waals surface area contributed by atoms with Crippen LogP contribution in [0.5, 0.6) is 0 Å². The lowest BCUT2D eigenvalue weighted by atomic mass is 10.2. The van der Waals surface area contributed by atoms with Crippen molar-refractivity contribution in [1.29, 1.82) is 0 Å². The number of nitrogens with two attached hydrogens (primary N) is 1. The van der Waals surface area contributed by atoms with Gasteiger partial charge in [0.25, 0.3) is 10.0 Å². The standard InChI is InChI=1S/C10H10FN3O2S2/c1-6-4-7(11)9(5-8(6)12)18(15,16)14-10-13-2-3-17-10/h2-5H,12H2,1H3,(H,13,14). The maximum Gasteiger partial charge on any atom is 0.266 e. The van der Waals surface area contributed by atoms with Gasteiger partial charge in [-0.15, -0.1) is 11.3 Å². The zero-order valence-electron chi connectivity index (χ0n) is 9.34. The van der Waals surface area contributed by atoms with Crippen LogP contribution in [0.15, 0.2) is 28.6 Å². The van der Waals surface area contributed by atoms with Crippen molar-refractivity contribution in [2.24, 2.45) is 0 Å². The Labute approximate surface area is 108 Å². The molecule has 1 heterocycles. The SMILES string of the molecule is Cc1cc(F)c(S(=O)(=O)Nc2nccs2)cc1N. The van der Waals surface area contributed by atoms with E-state index in [1.54, 1.807) is 12.3 Å². The largest absolute Gasteiger partial charge is 0.398 e. The van der Waals surface area contributed by atoms with Crippen LogP contribution in [0, 0.1) is 12.7 Å². The molecule has 0 aliphatic rings. The molecule has 96 valence electrons. The maximum atomic E-state index is 13.7. The van der Waals surface area contributed by atoms with Gasteiger partial charge in [-0.25, -0.2) is 17.8 Å². The molecular formula is C10H10FN3O2S2. The Kier molecular flexibility index (Phi) is 3.22. The number of sulfonamides is 1. The zero-order chi connectivity index (χ0) is 13.3. The van der Waals surface area contributed by atoms with E-state index >= 15 is 0 Å². The van der Waals surface area contributed by atoms with Gasteiger partial charge in [0, 0.05) is 17.3 Å². The fourth-order valence-electron chi connectivity index (χ4n) is 1.32. The van der Waals surface area contributed by atoms with Gasteiger partial charge in [-0.05, 0) is 24.6 Å². The van der Waals surface area contributed by atoms with Gasteiger partial charge in [0.15, 0.2) is 5.13 Å². The van der Waals surface area contributed by atoms with Crippen LogP contribution in [0.4, 0.5) is 15.2 Å². The highest BCUT2D eigenvalue weighted by atomic mass is 32.2. The van der Waals surface area contributed by atoms with Crippen molar-refractivity contribution in [3.63, 3.8) is 0 Å². The molecule has 2 aromatic rings. The minimum absolute atomic E-state index is 0.175. The summed E-state index contributed by atoms with van der Waals surface area (Å²) in [6.45, 7) is 1.60. The second kappa shape index (κ2) is 4.54. The molecule has 0 radical (unpaired) electrons. The van der Waals surface area contributed by atoms with Gasteiger partial charge in [0.05, 0.1) is 0 Å². The molecular weight excluding hydrogens is 277 g/mol. The average molecular weight is 287 g/mol. The van der Waals surface area contributed by atoms with E-state index in [9.17, 15) is 12.8 Å². The van der Waals surface area contributed by atoms with E-state index < -0.39 is 20.7 Å². The second-order valence-corrected chi connectivity index (χ2v) is 6.13. The molecule has 2 rings (SSSR count). The summed E-state index contributed by atoms with van der Waals surface area (Å²) in [5, 5.41) is 1.78. The number of thiazole rings is 1. The van der Waals surface area contributed by atoms with Crippen molar-refractivity contribution in [2.45, 2.75) is 11.8 Å². The van der Waals surface area contributed by atoms with E-state index in [-0.39, 0.29) is 10.8 Å². The first-order valence-electron chi connectivity index (χ1n) is 4.88. The summed E-state index contributed by atoms with van der Waals surface area (Å²) in [7, 11) is -4.01. The quantitative estimate of drug-likeness (QED) is 0.845. The molecule has 18 heavy (non-hydrogen) atoms. The smallest absolute Gasteiger partial charge is 0.266 e. The van der Waals surface area contributed by atoms with Gasteiger partial charge in [0.1, 0.15) is 10.7 Å². The third kappa shape index (κ3) is 2.44. The molecule has 0 spiro atoms. The highest BCUT2D eigenvalue weighted by molar-refractivity contribution is 7.93. The molecule has 0 aliphatic carbocycles. The Balaban J connectivity index is 2.44. The second-order valence-electron chi connectivity index (χ2n) is 3.58. The van der Waals surface area contributed by atoms with Gasteiger partial charge in [0.2, 0.25) is 0 Å². The normalized spacial score (nSPS) is 11.4. The van der Waals surface area contributed by atoms with E-state index in [0.717, 1.165) is 23.5 Å². The van der Waals surface area contributed by atoms with Crippen molar-refractivity contribution in [1.82, 2.24) is 4.98 Å². The van der Waals surface area contributed by atoms with Gasteiger partial charge in [-0.1, -0.05) is 0 Å². The highest BCUT2D eigenvalue weighted by Gasteiger charge is 2.21. The third-order valence-corrected chi connectivity index (χ3v) is 4.44. The Bertz CT molecular complexity index is 669. The fraction of sp³-hybridized carbons (Fsp3) is 0.100. The molecule has 0 amide bonds. The van der Waals surface area contributed by atoms with Crippen LogP contribution in [0.3, 0.4) is 0 Å². The first kappa shape index (κ1) is 12.8. The Hall–Kier alpha value is -1.67. The first-order chi connectivity index (χ1) is 8.40. The average Bonchev–Trinajstić information content (AvgIpc) is 2.75. The Morgan fingerprint density at radius 1 is 1.44 bits per heavy atom. The monoisotopic (exact) mass is 287 g/mol. The lowest BCUT2D eigenvalue weighted by Gasteiger charge is -2.08. The number of benzene rings is 1. The summed E-state index contributed by atoms with van der Waals surface area (Å²) in [4.78, 5) is 3.29. The summed E-state index contributed by atoms with van der Waals surface area (Å²) in [5.74, 6) is -0.842. The third-order valence-electron chi connectivity index (χ3n) is 2.26. The van der Waals surface area contributed by atoms with Crippen molar-refractivity contribution < 1.29 is 12.8 Å². The molecule has 1 aromatic carbocycles. The maximum absolute atomic E-state index is 13.7. The van der Waals surface area contributed by atoms with Gasteiger partial charge >= 0.3 is 0 Å². The molecule has 0 bridgehead atoms. The number of aryl methyl sites for hydroxylation is 1. The molecule has 0 saturated heterocycles. The molecule has 0 aliphatic heterocycles. The van der Waals surface area contributed by atoms with Gasteiger partial charge < -0.3 is 5.73 Å². The summed E-state index contributed by atoms with van der Waals surface area (Å²) in [6, 6.07) is 2.19. The lowest BCUT2D eigenvalue weighted by Crippen LogP contribution is -2.15. The van der Waals surface area contributed by atoms with Crippen LogP contribution >= 0.6 is 11.3 Å². The molecule has 0 fully saturated rings. The number of nitrogens with one attached hydrogen (secondary N) is 1. The zero-order valence-corrected chi connectivity index (χ0v) is 11.0. The van der Waals surface area contributed by atoms with Crippen LogP contribution < -0.4 is 10.5 Å². The van der Waals surface area contributed by atoms with Crippen LogP contribution in [-0.2, 0) is 10.0 Å². The Morgan fingerprint density at radius 2 is 2.17 bits per heavy atom. The van der Waals surface area contributed by atoms with Crippen molar-refractivity contribution in [3.8, 4) is 0 Å². The van der Waals surface area contributed by atoms with E-state index in [4.69, 9.17) is 5.73 Å². The summed E-state index contributed by atoms with van der Waals surface area (Å²) in [5.41, 5.74) is 6.29. The summed E-state index contributed by atoms with van der Waals surface area (Å²) in [6.07, 6.45) is 1.45. The number of rotatable bonds is 3. The highest BCUT2D eigenvalue weighted by Crippen LogP contribution is 2.24. The van der Waals surface area contributed by atoms with Crippen LogP contribution in [0.1, 0.15) is 5.56 Å². The number of nitrogens with zero attached hydrogens (tertiary/aromatic N) is 1. The predicted molar refractivity (Wildman–Crippen MR) is 68.5 cm³/mol. The van der Waals surface area contributed by atoms with E-state index in [1.165, 1.54) is 6.20 Å². The first-order valence-corrected chi connectivity index (χ1v) is 7.24. The van der Waals surface area contributed by atoms with Crippen molar-refractivity contribution in [2.75, 3.05) is 10.5 Å². The van der Waals surface area contributed by atoms with Crippen LogP contribution in [0.2, 0.25) is 0 Å². The molecule has 5 nitrogen and oxygen atoms in total. The number of hydrogen-bond acceptors (Lipinski definition) is 5. The fourth-order valence-corrected chi connectivity index (χ4v) is 3.20. The molecule has 0 saturated carbocycles. The number of anilines is 2. The van der Waals surface area contributed by atoms with Gasteiger partial charge in [-0.3, -0.25) is 4.72 Å². The number of nitrogen functional groups attached to an aromatic ring is 1. The number of aromatic nitrogens is 1. The Morgan fingerprint density at radius 3 is 2.78 bits per heavy atom. The van der Waals surface area contributed by atoms with Crippen LogP contribution in [0.25, 0.3) is 0 Å². The summed E-state index contributed by atoms with van der Waals surface area (Å²) < 4.78 is 39.7. The minimum atomic E-state index is -4.01. The van der Waals surface area contributed by atoms with E-state index in [1.807, 2.05) is 0 Å². The molecule has 8 heteroatoms. The lowest BCUT2D eigenvalue weighted by molar-refractivity contribution is 0.570. The predicted octanol–water partition coefficient (Wildman–Crippen LogP) is 1.97. The van der Waals surface area contributed by atoms with E-state index in [0.29, 0.717) is 5.56 Å². The number of hydrogen-bond donors (Lipinski definition) is 2. The molecule has 0 atom stereocenters. The molecule has 3 N–H and O–H groups in total. The van der Waals surface area contributed by atoms with Crippen molar-refractivity contribution >= 4 is 32.2 Å². The minimum Gasteiger partial charge on any atom is -0.398 e. The molecule has 0 unspecified atom stereocenters. The van der Waals surface area contributed by atoms with E-state index in [2.05, 4.69) is 9.71 Å². The molecule has 1 aromatic heterocycles. The number of halogens is 1. The topological polar surface area (TPSA) is 85.1 Å². The van der Waals surface area contributed by atoms with Crippen LogP contribution in [-0.4, -0.2) is 13.4 Å². The van der Waals surface area contributed by atoms with Gasteiger partial charge in [-0.2, -0.15) is 0 Å². The van der Waals surface area contributed by atoms with Crippen molar-refractivity contribution in [3.05, 3.63) is 35.1 Å². The summed E-state index contributed by atoms with van der Waals surface area (Å²) >= 11 is 1.10.